The van der Waals surface area contributed by atoms with Crippen LogP contribution in [0.15, 0.2) is 35.3 Å². The zero-order valence-corrected chi connectivity index (χ0v) is 12.5. The van der Waals surface area contributed by atoms with Crippen LogP contribution < -0.4 is 5.73 Å². The number of guanidine groups is 1. The second-order valence-electron chi connectivity index (χ2n) is 6.80. The number of piperidine rings is 1. The van der Waals surface area contributed by atoms with Crippen LogP contribution in [0.4, 0.5) is 0 Å². The Labute approximate surface area is 126 Å². The molecule has 21 heavy (non-hydrogen) atoms. The molecule has 1 aliphatic carbocycles. The van der Waals surface area contributed by atoms with Crippen molar-refractivity contribution in [1.82, 2.24) is 9.80 Å². The molecule has 2 aliphatic heterocycles. The van der Waals surface area contributed by atoms with E-state index in [1.807, 2.05) is 0 Å². The second-order valence-corrected chi connectivity index (χ2v) is 6.80. The molecule has 0 bridgehead atoms. The minimum Gasteiger partial charge on any atom is -0.370 e. The molecule has 2 N–H and O–H groups in total. The molecule has 112 valence electrons. The quantitative estimate of drug-likeness (QED) is 0.921. The lowest BCUT2D eigenvalue weighted by Gasteiger charge is -2.46. The van der Waals surface area contributed by atoms with Crippen LogP contribution in [0.25, 0.3) is 0 Å². The van der Waals surface area contributed by atoms with Gasteiger partial charge in [0.15, 0.2) is 5.96 Å². The highest BCUT2D eigenvalue weighted by Gasteiger charge is 2.50. The highest BCUT2D eigenvalue weighted by atomic mass is 15.4. The summed E-state index contributed by atoms with van der Waals surface area (Å²) >= 11 is 0. The van der Waals surface area contributed by atoms with Crippen molar-refractivity contribution >= 4 is 5.96 Å². The maximum absolute atomic E-state index is 6.18. The standard InChI is InChI=1S/C17H24N4/c18-16-19-12-17(21(16)15-7-8-15)9-4-10-20(13-17)11-14-5-2-1-3-6-14/h1-3,5-6,15H,4,7-13H2,(H2,18,19). The Balaban J connectivity index is 1.50. The van der Waals surface area contributed by atoms with E-state index < -0.39 is 0 Å². The molecule has 1 aromatic rings. The van der Waals surface area contributed by atoms with Crippen molar-refractivity contribution in [3.8, 4) is 0 Å². The molecule has 0 aromatic heterocycles. The Morgan fingerprint density at radius 3 is 2.81 bits per heavy atom. The van der Waals surface area contributed by atoms with Crippen LogP contribution in [0, 0.1) is 0 Å². The van der Waals surface area contributed by atoms with Gasteiger partial charge in [-0.05, 0) is 37.8 Å². The van der Waals surface area contributed by atoms with E-state index in [1.54, 1.807) is 0 Å². The third kappa shape index (κ3) is 2.42. The van der Waals surface area contributed by atoms with E-state index in [1.165, 1.54) is 37.8 Å². The first-order valence-electron chi connectivity index (χ1n) is 8.12. The van der Waals surface area contributed by atoms with Crippen LogP contribution >= 0.6 is 0 Å². The van der Waals surface area contributed by atoms with E-state index in [2.05, 4.69) is 45.1 Å². The van der Waals surface area contributed by atoms with Crippen LogP contribution in [-0.4, -0.2) is 47.0 Å². The maximum atomic E-state index is 6.18. The number of hydrogen-bond donors (Lipinski definition) is 1. The number of rotatable bonds is 3. The summed E-state index contributed by atoms with van der Waals surface area (Å²) in [5, 5.41) is 0. The lowest BCUT2D eigenvalue weighted by molar-refractivity contribution is 0.0642. The molecular weight excluding hydrogens is 260 g/mol. The molecule has 3 aliphatic rings. The summed E-state index contributed by atoms with van der Waals surface area (Å²) in [6.07, 6.45) is 5.06. The van der Waals surface area contributed by atoms with Gasteiger partial charge in [-0.1, -0.05) is 30.3 Å². The topological polar surface area (TPSA) is 44.9 Å². The molecule has 1 saturated heterocycles. The van der Waals surface area contributed by atoms with Gasteiger partial charge >= 0.3 is 0 Å². The second kappa shape index (κ2) is 5.02. The monoisotopic (exact) mass is 284 g/mol. The summed E-state index contributed by atoms with van der Waals surface area (Å²) in [7, 11) is 0. The lowest BCUT2D eigenvalue weighted by atomic mass is 9.87. The van der Waals surface area contributed by atoms with Crippen LogP contribution in [0.3, 0.4) is 0 Å². The van der Waals surface area contributed by atoms with E-state index in [9.17, 15) is 0 Å². The Kier molecular flexibility index (Phi) is 3.14. The molecule has 4 heteroatoms. The third-order valence-electron chi connectivity index (χ3n) is 5.09. The lowest BCUT2D eigenvalue weighted by Crippen LogP contribution is -2.60. The summed E-state index contributed by atoms with van der Waals surface area (Å²) in [6, 6.07) is 11.4. The van der Waals surface area contributed by atoms with Crippen LogP contribution in [0.1, 0.15) is 31.2 Å². The predicted molar refractivity (Wildman–Crippen MR) is 85.0 cm³/mol. The molecule has 1 atom stereocenters. The fourth-order valence-electron chi connectivity index (χ4n) is 4.04. The van der Waals surface area contributed by atoms with Crippen molar-refractivity contribution in [3.63, 3.8) is 0 Å². The first-order valence-corrected chi connectivity index (χ1v) is 8.12. The van der Waals surface area contributed by atoms with E-state index in [0.29, 0.717) is 6.04 Å². The molecule has 2 heterocycles. The van der Waals surface area contributed by atoms with Crippen LogP contribution in [0.5, 0.6) is 0 Å². The third-order valence-corrected chi connectivity index (χ3v) is 5.09. The fourth-order valence-corrected chi connectivity index (χ4v) is 4.04. The molecule has 2 fully saturated rings. The van der Waals surface area contributed by atoms with Crippen molar-refractivity contribution in [3.05, 3.63) is 35.9 Å². The number of likely N-dealkylation sites (tertiary alicyclic amines) is 1. The summed E-state index contributed by atoms with van der Waals surface area (Å²) in [5.74, 6) is 0.791. The first-order chi connectivity index (χ1) is 10.3. The Morgan fingerprint density at radius 1 is 1.24 bits per heavy atom. The minimum atomic E-state index is 0.179. The Bertz CT molecular complexity index is 537. The Morgan fingerprint density at radius 2 is 2.05 bits per heavy atom. The van der Waals surface area contributed by atoms with Crippen molar-refractivity contribution in [2.45, 2.75) is 43.8 Å². The van der Waals surface area contributed by atoms with Gasteiger partial charge in [0.2, 0.25) is 0 Å². The average molecular weight is 284 g/mol. The minimum absolute atomic E-state index is 0.179. The van der Waals surface area contributed by atoms with Crippen LogP contribution in [-0.2, 0) is 6.54 Å². The van der Waals surface area contributed by atoms with Gasteiger partial charge in [-0.15, -0.1) is 0 Å². The van der Waals surface area contributed by atoms with E-state index in [-0.39, 0.29) is 5.54 Å². The fraction of sp³-hybridized carbons (Fsp3) is 0.588. The van der Waals surface area contributed by atoms with Gasteiger partial charge in [0.05, 0.1) is 12.1 Å². The van der Waals surface area contributed by atoms with Gasteiger partial charge in [-0.25, -0.2) is 0 Å². The van der Waals surface area contributed by atoms with Gasteiger partial charge in [0.1, 0.15) is 0 Å². The van der Waals surface area contributed by atoms with E-state index >= 15 is 0 Å². The Hall–Kier alpha value is -1.55. The highest BCUT2D eigenvalue weighted by Crippen LogP contribution is 2.40. The molecule has 0 radical (unpaired) electrons. The van der Waals surface area contributed by atoms with E-state index in [4.69, 9.17) is 5.73 Å². The zero-order chi connectivity index (χ0) is 14.3. The van der Waals surface area contributed by atoms with Gasteiger partial charge in [-0.3, -0.25) is 9.89 Å². The largest absolute Gasteiger partial charge is 0.370 e. The molecule has 4 nitrogen and oxygen atoms in total. The molecular formula is C17H24N4. The summed E-state index contributed by atoms with van der Waals surface area (Å²) in [6.45, 7) is 4.22. The predicted octanol–water partition coefficient (Wildman–Crippen LogP) is 1.81. The molecule has 0 amide bonds. The van der Waals surface area contributed by atoms with Gasteiger partial charge in [0.25, 0.3) is 0 Å². The van der Waals surface area contributed by atoms with Gasteiger partial charge in [-0.2, -0.15) is 0 Å². The van der Waals surface area contributed by atoms with Crippen molar-refractivity contribution in [2.24, 2.45) is 10.7 Å². The normalized spacial score (nSPS) is 29.9. The first kappa shape index (κ1) is 13.1. The maximum Gasteiger partial charge on any atom is 0.192 e. The van der Waals surface area contributed by atoms with E-state index in [0.717, 1.165) is 25.6 Å². The SMILES string of the molecule is NC1=NCC2(CCCN(Cc3ccccc3)C2)N1C1CC1. The number of nitrogens with two attached hydrogens (primary N) is 1. The number of hydrogen-bond acceptors (Lipinski definition) is 4. The van der Waals surface area contributed by atoms with Crippen molar-refractivity contribution in [2.75, 3.05) is 19.6 Å². The molecule has 1 unspecified atom stereocenters. The molecule has 1 saturated carbocycles. The molecule has 1 spiro atoms. The van der Waals surface area contributed by atoms with Crippen molar-refractivity contribution in [1.29, 1.82) is 0 Å². The highest BCUT2D eigenvalue weighted by molar-refractivity contribution is 5.81. The number of nitrogens with zero attached hydrogens (tertiary/aromatic N) is 3. The van der Waals surface area contributed by atoms with Gasteiger partial charge < -0.3 is 10.6 Å². The van der Waals surface area contributed by atoms with Gasteiger partial charge in [0, 0.05) is 19.1 Å². The average Bonchev–Trinajstić information content (AvgIpc) is 3.27. The van der Waals surface area contributed by atoms with Crippen molar-refractivity contribution < 1.29 is 0 Å². The number of aliphatic imine (C=N–C) groups is 1. The number of benzene rings is 1. The molecule has 1 aromatic carbocycles. The summed E-state index contributed by atoms with van der Waals surface area (Å²) < 4.78 is 0. The zero-order valence-electron chi connectivity index (χ0n) is 12.5. The summed E-state index contributed by atoms with van der Waals surface area (Å²) in [4.78, 5) is 9.64. The smallest absolute Gasteiger partial charge is 0.192 e. The molecule has 4 rings (SSSR count). The summed E-state index contributed by atoms with van der Waals surface area (Å²) in [5.41, 5.74) is 7.76. The van der Waals surface area contributed by atoms with Crippen LogP contribution in [0.2, 0.25) is 0 Å².